The minimum Gasteiger partial charge on any atom is -0.497 e. The Bertz CT molecular complexity index is 530. The number of rotatable bonds is 9. The molecule has 21 heavy (non-hydrogen) atoms. The second kappa shape index (κ2) is 8.21. The minimum absolute atomic E-state index is 0.350. The van der Waals surface area contributed by atoms with Crippen LogP contribution < -0.4 is 14.8 Å². The van der Waals surface area contributed by atoms with Crippen LogP contribution in [0.25, 0.3) is 0 Å². The fourth-order valence-corrected chi connectivity index (χ4v) is 3.74. The molecule has 0 radical (unpaired) electrons. The Morgan fingerprint density at radius 3 is 2.43 bits per heavy atom. The number of ether oxygens (including phenoxy) is 1. The lowest BCUT2D eigenvalue weighted by Gasteiger charge is -2.30. The Morgan fingerprint density at radius 2 is 1.90 bits per heavy atom. The van der Waals surface area contributed by atoms with Gasteiger partial charge in [0.25, 0.3) is 0 Å². The Morgan fingerprint density at radius 1 is 1.24 bits per heavy atom. The highest BCUT2D eigenvalue weighted by molar-refractivity contribution is 7.90. The van der Waals surface area contributed by atoms with Crippen LogP contribution in [0.5, 0.6) is 5.75 Å². The summed E-state index contributed by atoms with van der Waals surface area (Å²) in [5.74, 6) is 0.625. The summed E-state index contributed by atoms with van der Waals surface area (Å²) in [7, 11) is -2.00. The van der Waals surface area contributed by atoms with Gasteiger partial charge in [-0.1, -0.05) is 19.9 Å². The molecule has 0 aliphatic rings. The van der Waals surface area contributed by atoms with Crippen LogP contribution in [-0.4, -0.2) is 46.0 Å². The van der Waals surface area contributed by atoms with E-state index in [-0.39, 0.29) is 0 Å². The normalized spacial score (nSPS) is 11.7. The molecule has 0 spiro atoms. The molecule has 120 valence electrons. The summed E-state index contributed by atoms with van der Waals surface area (Å²) in [5, 5.41) is 0. The number of benzene rings is 1. The third kappa shape index (κ3) is 4.33. The molecule has 2 N–H and O–H groups in total. The van der Waals surface area contributed by atoms with E-state index in [1.54, 1.807) is 31.4 Å². The first-order valence-electron chi connectivity index (χ1n) is 7.13. The van der Waals surface area contributed by atoms with Crippen LogP contribution in [0.3, 0.4) is 0 Å². The Labute approximate surface area is 127 Å². The number of nitrogens with zero attached hydrogens (tertiary/aromatic N) is 2. The molecule has 1 aromatic rings. The molecule has 0 heterocycles. The SMILES string of the molecule is CCN(CC)S(=O)(=O)N(CCCN)c1cccc(OC)c1. The Balaban J connectivity index is 3.21. The highest BCUT2D eigenvalue weighted by atomic mass is 32.2. The van der Waals surface area contributed by atoms with Gasteiger partial charge in [0.2, 0.25) is 0 Å². The van der Waals surface area contributed by atoms with Crippen molar-refractivity contribution >= 4 is 15.9 Å². The van der Waals surface area contributed by atoms with Crippen molar-refractivity contribution in [2.75, 3.05) is 37.6 Å². The fourth-order valence-electron chi connectivity index (χ4n) is 2.07. The smallest absolute Gasteiger partial charge is 0.304 e. The van der Waals surface area contributed by atoms with Crippen molar-refractivity contribution in [3.05, 3.63) is 24.3 Å². The molecule has 6 nitrogen and oxygen atoms in total. The largest absolute Gasteiger partial charge is 0.497 e. The van der Waals surface area contributed by atoms with Crippen LogP contribution in [0.4, 0.5) is 5.69 Å². The van der Waals surface area contributed by atoms with Gasteiger partial charge < -0.3 is 10.5 Å². The summed E-state index contributed by atoms with van der Waals surface area (Å²) in [4.78, 5) is 0. The van der Waals surface area contributed by atoms with E-state index < -0.39 is 10.2 Å². The first-order valence-corrected chi connectivity index (χ1v) is 8.52. The average Bonchev–Trinajstić information content (AvgIpc) is 2.48. The second-order valence-corrected chi connectivity index (χ2v) is 6.36. The molecule has 1 aromatic carbocycles. The molecule has 1 rings (SSSR count). The zero-order valence-electron chi connectivity index (χ0n) is 12.9. The standard InChI is InChI=1S/C14H25N3O3S/c1-4-16(5-2)21(18,19)17(11-7-10-15)13-8-6-9-14(12-13)20-3/h6,8-9,12H,4-5,7,10-11,15H2,1-3H3. The van der Waals surface area contributed by atoms with E-state index >= 15 is 0 Å². The van der Waals surface area contributed by atoms with Crippen LogP contribution in [0.15, 0.2) is 24.3 Å². The number of hydrogen-bond acceptors (Lipinski definition) is 4. The lowest BCUT2D eigenvalue weighted by atomic mass is 10.3. The molecular formula is C14H25N3O3S. The van der Waals surface area contributed by atoms with Gasteiger partial charge in [-0.2, -0.15) is 12.7 Å². The van der Waals surface area contributed by atoms with E-state index in [0.29, 0.717) is 44.0 Å². The maximum atomic E-state index is 12.8. The first-order chi connectivity index (χ1) is 10.0. The maximum Gasteiger partial charge on any atom is 0.304 e. The van der Waals surface area contributed by atoms with Crippen molar-refractivity contribution in [1.82, 2.24) is 4.31 Å². The van der Waals surface area contributed by atoms with Crippen LogP contribution in [0.2, 0.25) is 0 Å². The molecule has 0 fully saturated rings. The first kappa shape index (κ1) is 17.7. The second-order valence-electron chi connectivity index (χ2n) is 4.51. The molecular weight excluding hydrogens is 290 g/mol. The monoisotopic (exact) mass is 315 g/mol. The van der Waals surface area contributed by atoms with Crippen LogP contribution >= 0.6 is 0 Å². The van der Waals surface area contributed by atoms with Gasteiger partial charge in [0.05, 0.1) is 12.8 Å². The number of methoxy groups -OCH3 is 1. The Hall–Kier alpha value is -1.31. The fraction of sp³-hybridized carbons (Fsp3) is 0.571. The zero-order chi connectivity index (χ0) is 15.9. The molecule has 0 aromatic heterocycles. The third-order valence-corrected chi connectivity index (χ3v) is 5.34. The van der Waals surface area contributed by atoms with Crippen LogP contribution in [0.1, 0.15) is 20.3 Å². The lowest BCUT2D eigenvalue weighted by molar-refractivity contribution is 0.414. The van der Waals surface area contributed by atoms with E-state index in [9.17, 15) is 8.42 Å². The highest BCUT2D eigenvalue weighted by Gasteiger charge is 2.27. The molecule has 0 unspecified atom stereocenters. The summed E-state index contributed by atoms with van der Waals surface area (Å²) in [6.07, 6.45) is 0.595. The number of anilines is 1. The summed E-state index contributed by atoms with van der Waals surface area (Å²) in [5.41, 5.74) is 6.13. The molecule has 0 aliphatic heterocycles. The van der Waals surface area contributed by atoms with Gasteiger partial charge in [-0.3, -0.25) is 4.31 Å². The van der Waals surface area contributed by atoms with Crippen molar-refractivity contribution in [2.45, 2.75) is 20.3 Å². The van der Waals surface area contributed by atoms with Crippen molar-refractivity contribution < 1.29 is 13.2 Å². The van der Waals surface area contributed by atoms with E-state index in [4.69, 9.17) is 10.5 Å². The summed E-state index contributed by atoms with van der Waals surface area (Å²) in [6, 6.07) is 7.05. The van der Waals surface area contributed by atoms with Gasteiger partial charge in [-0.15, -0.1) is 0 Å². The lowest BCUT2D eigenvalue weighted by Crippen LogP contribution is -2.44. The van der Waals surface area contributed by atoms with E-state index in [1.807, 2.05) is 13.8 Å². The van der Waals surface area contributed by atoms with Crippen molar-refractivity contribution in [3.63, 3.8) is 0 Å². The third-order valence-electron chi connectivity index (χ3n) is 3.22. The van der Waals surface area contributed by atoms with Gasteiger partial charge in [-0.05, 0) is 25.1 Å². The molecule has 7 heteroatoms. The number of nitrogens with two attached hydrogens (primary N) is 1. The average molecular weight is 315 g/mol. The molecule has 0 saturated heterocycles. The molecule has 0 amide bonds. The van der Waals surface area contributed by atoms with E-state index in [1.165, 1.54) is 8.61 Å². The van der Waals surface area contributed by atoms with Gasteiger partial charge in [-0.25, -0.2) is 0 Å². The van der Waals surface area contributed by atoms with Crippen molar-refractivity contribution in [1.29, 1.82) is 0 Å². The summed E-state index contributed by atoms with van der Waals surface area (Å²) < 4.78 is 33.5. The van der Waals surface area contributed by atoms with Gasteiger partial charge >= 0.3 is 10.2 Å². The summed E-state index contributed by atoms with van der Waals surface area (Å²) >= 11 is 0. The quantitative estimate of drug-likeness (QED) is 0.748. The van der Waals surface area contributed by atoms with Crippen LogP contribution in [-0.2, 0) is 10.2 Å². The maximum absolute atomic E-state index is 12.8. The predicted molar refractivity (Wildman–Crippen MR) is 85.9 cm³/mol. The van der Waals surface area contributed by atoms with Gasteiger partial charge in [0.15, 0.2) is 0 Å². The molecule has 0 atom stereocenters. The molecule has 0 bridgehead atoms. The number of hydrogen-bond donors (Lipinski definition) is 1. The highest BCUT2D eigenvalue weighted by Crippen LogP contribution is 2.25. The van der Waals surface area contributed by atoms with Gasteiger partial charge in [0.1, 0.15) is 5.75 Å². The van der Waals surface area contributed by atoms with Crippen molar-refractivity contribution in [2.24, 2.45) is 5.73 Å². The summed E-state index contributed by atoms with van der Waals surface area (Å²) in [6.45, 7) is 5.31. The van der Waals surface area contributed by atoms with Gasteiger partial charge in [0, 0.05) is 25.7 Å². The molecule has 0 aliphatic carbocycles. The van der Waals surface area contributed by atoms with E-state index in [0.717, 1.165) is 0 Å². The molecule has 0 saturated carbocycles. The van der Waals surface area contributed by atoms with Crippen LogP contribution in [0, 0.1) is 0 Å². The van der Waals surface area contributed by atoms with E-state index in [2.05, 4.69) is 0 Å². The topological polar surface area (TPSA) is 75.9 Å². The predicted octanol–water partition coefficient (Wildman–Crippen LogP) is 1.44. The van der Waals surface area contributed by atoms with Crippen molar-refractivity contribution in [3.8, 4) is 5.75 Å². The minimum atomic E-state index is -3.56. The zero-order valence-corrected chi connectivity index (χ0v) is 13.8. The Kier molecular flexibility index (Phi) is 6.94.